The van der Waals surface area contributed by atoms with E-state index >= 15 is 0 Å². The van der Waals surface area contributed by atoms with E-state index in [1.807, 2.05) is 41.2 Å². The Morgan fingerprint density at radius 1 is 1.21 bits per heavy atom. The summed E-state index contributed by atoms with van der Waals surface area (Å²) >= 11 is 7.15. The second-order valence-electron chi connectivity index (χ2n) is 6.04. The van der Waals surface area contributed by atoms with Crippen molar-refractivity contribution < 1.29 is 23.9 Å². The van der Waals surface area contributed by atoms with E-state index in [0.717, 1.165) is 21.5 Å². The van der Waals surface area contributed by atoms with Crippen molar-refractivity contribution in [3.63, 3.8) is 0 Å². The van der Waals surface area contributed by atoms with Crippen molar-refractivity contribution in [3.8, 4) is 0 Å². The first-order valence-electron chi connectivity index (χ1n) is 8.72. The number of ether oxygens (including phenoxy) is 2. The molecule has 10 heteroatoms. The van der Waals surface area contributed by atoms with Crippen LogP contribution in [-0.4, -0.2) is 41.0 Å². The number of esters is 1. The molecule has 0 saturated carbocycles. The number of fused-ring (bicyclic) bond motifs is 1. The topological polar surface area (TPSA) is 99.5 Å². The fourth-order valence-corrected chi connectivity index (χ4v) is 3.78. The van der Waals surface area contributed by atoms with E-state index in [1.165, 1.54) is 11.3 Å². The number of aryl methyl sites for hydroxylation is 1. The number of hydrogen-bond donors (Lipinski definition) is 1. The lowest BCUT2D eigenvalue weighted by Crippen LogP contribution is -2.34. The number of carbonyl (C=O) groups excluding carboxylic acids is 3. The quantitative estimate of drug-likeness (QED) is 0.594. The molecule has 0 spiro atoms. The lowest BCUT2D eigenvalue weighted by Gasteiger charge is -2.05. The third kappa shape index (κ3) is 5.12. The molecule has 0 fully saturated rings. The van der Waals surface area contributed by atoms with Crippen LogP contribution >= 0.6 is 22.9 Å². The Bertz CT molecular complexity index is 1060. The fraction of sp³-hybridized carbons (Fsp3) is 0.263. The zero-order valence-corrected chi connectivity index (χ0v) is 17.3. The van der Waals surface area contributed by atoms with Gasteiger partial charge in [0.15, 0.2) is 6.61 Å². The van der Waals surface area contributed by atoms with Gasteiger partial charge in [0.25, 0.3) is 5.91 Å². The van der Waals surface area contributed by atoms with Crippen molar-refractivity contribution >= 4 is 51.1 Å². The summed E-state index contributed by atoms with van der Waals surface area (Å²) in [4.78, 5) is 36.3. The normalized spacial score (nSPS) is 10.7. The highest BCUT2D eigenvalue weighted by Crippen LogP contribution is 2.29. The first kappa shape index (κ1) is 20.8. The Morgan fingerprint density at radius 3 is 2.62 bits per heavy atom. The second-order valence-corrected chi connectivity index (χ2v) is 7.51. The highest BCUT2D eigenvalue weighted by atomic mass is 35.5. The number of imide groups is 1. The summed E-state index contributed by atoms with van der Waals surface area (Å²) < 4.78 is 11.4. The number of aromatic nitrogens is 2. The van der Waals surface area contributed by atoms with Gasteiger partial charge in [-0.2, -0.15) is 5.10 Å². The summed E-state index contributed by atoms with van der Waals surface area (Å²) in [6.07, 6.45) is -0.881. The van der Waals surface area contributed by atoms with E-state index in [2.05, 4.69) is 9.84 Å². The number of thiophene rings is 1. The third-order valence-electron chi connectivity index (χ3n) is 3.91. The van der Waals surface area contributed by atoms with Gasteiger partial charge in [0.2, 0.25) is 0 Å². The van der Waals surface area contributed by atoms with Crippen LogP contribution in [-0.2, 0) is 20.8 Å². The summed E-state index contributed by atoms with van der Waals surface area (Å²) in [5.74, 6) is -1.41. The van der Waals surface area contributed by atoms with Gasteiger partial charge in [-0.25, -0.2) is 9.59 Å². The lowest BCUT2D eigenvalue weighted by molar-refractivity contribution is -0.123. The minimum Gasteiger partial charge on any atom is -0.451 e. The minimum atomic E-state index is -0.881. The van der Waals surface area contributed by atoms with Crippen LogP contribution in [0.2, 0.25) is 5.02 Å². The van der Waals surface area contributed by atoms with Gasteiger partial charge in [0.05, 0.1) is 18.8 Å². The maximum Gasteiger partial charge on any atom is 0.413 e. The number of hydrogen-bond acceptors (Lipinski definition) is 7. The monoisotopic (exact) mass is 435 g/mol. The molecule has 2 aromatic heterocycles. The molecule has 3 aromatic rings. The Labute approximate surface area is 175 Å². The maximum atomic E-state index is 12.3. The standard InChI is InChI=1S/C19H18ClN3O5S/c1-3-27-19(26)21-16(24)10-28-18(25)15-8-14-11(2)22-23(17(14)29-15)9-12-4-6-13(20)7-5-12/h4-8H,3,9-10H2,1-2H3,(H,21,24,26). The fourth-order valence-electron chi connectivity index (χ4n) is 2.60. The van der Waals surface area contributed by atoms with E-state index in [-0.39, 0.29) is 6.61 Å². The van der Waals surface area contributed by atoms with Crippen molar-refractivity contribution in [2.24, 2.45) is 0 Å². The van der Waals surface area contributed by atoms with Gasteiger partial charge >= 0.3 is 12.1 Å². The van der Waals surface area contributed by atoms with E-state index < -0.39 is 24.6 Å². The Hall–Kier alpha value is -2.91. The zero-order valence-electron chi connectivity index (χ0n) is 15.7. The molecule has 0 aliphatic rings. The van der Waals surface area contributed by atoms with Gasteiger partial charge in [-0.15, -0.1) is 11.3 Å². The Kier molecular flexibility index (Phi) is 6.50. The predicted molar refractivity (Wildman–Crippen MR) is 108 cm³/mol. The highest BCUT2D eigenvalue weighted by Gasteiger charge is 2.19. The summed E-state index contributed by atoms with van der Waals surface area (Å²) in [7, 11) is 0. The number of rotatable bonds is 6. The number of benzene rings is 1. The van der Waals surface area contributed by atoms with E-state index in [1.54, 1.807) is 13.0 Å². The largest absolute Gasteiger partial charge is 0.451 e. The molecule has 1 aromatic carbocycles. The van der Waals surface area contributed by atoms with Crippen LogP contribution in [0.3, 0.4) is 0 Å². The molecule has 29 heavy (non-hydrogen) atoms. The minimum absolute atomic E-state index is 0.132. The molecule has 1 N–H and O–H groups in total. The molecule has 8 nitrogen and oxygen atoms in total. The Morgan fingerprint density at radius 2 is 1.93 bits per heavy atom. The van der Waals surface area contributed by atoms with Crippen LogP contribution in [0.5, 0.6) is 0 Å². The van der Waals surface area contributed by atoms with Crippen LogP contribution < -0.4 is 5.32 Å². The molecule has 0 atom stereocenters. The predicted octanol–water partition coefficient (Wildman–Crippen LogP) is 3.54. The third-order valence-corrected chi connectivity index (χ3v) is 5.29. The van der Waals surface area contributed by atoms with Crippen molar-refractivity contribution in [3.05, 3.63) is 51.5 Å². The van der Waals surface area contributed by atoms with Gasteiger partial charge in [0, 0.05) is 10.4 Å². The summed E-state index contributed by atoms with van der Waals surface area (Å²) in [5.41, 5.74) is 1.80. The average Bonchev–Trinajstić information content (AvgIpc) is 3.23. The molecule has 3 rings (SSSR count). The van der Waals surface area contributed by atoms with Crippen molar-refractivity contribution in [2.45, 2.75) is 20.4 Å². The van der Waals surface area contributed by atoms with Gasteiger partial charge in [-0.1, -0.05) is 23.7 Å². The molecule has 0 aliphatic carbocycles. The molecule has 0 unspecified atom stereocenters. The van der Waals surface area contributed by atoms with Gasteiger partial charge < -0.3 is 9.47 Å². The van der Waals surface area contributed by atoms with E-state index in [0.29, 0.717) is 16.4 Å². The second kappa shape index (κ2) is 9.06. The molecule has 152 valence electrons. The molecule has 0 radical (unpaired) electrons. The molecule has 2 amide bonds. The summed E-state index contributed by atoms with van der Waals surface area (Å²) in [5, 5.41) is 7.98. The van der Waals surface area contributed by atoms with Crippen LogP contribution in [0.1, 0.15) is 27.9 Å². The number of nitrogens with one attached hydrogen (secondary N) is 1. The molecule has 0 bridgehead atoms. The van der Waals surface area contributed by atoms with E-state index in [4.69, 9.17) is 16.3 Å². The van der Waals surface area contributed by atoms with Crippen molar-refractivity contribution in [1.29, 1.82) is 0 Å². The van der Waals surface area contributed by atoms with Crippen LogP contribution in [0, 0.1) is 6.92 Å². The number of alkyl carbamates (subject to hydrolysis) is 1. The Balaban J connectivity index is 1.69. The number of carbonyl (C=O) groups is 3. The first-order chi connectivity index (χ1) is 13.9. The van der Waals surface area contributed by atoms with Crippen LogP contribution in [0.15, 0.2) is 30.3 Å². The lowest BCUT2D eigenvalue weighted by atomic mass is 10.2. The van der Waals surface area contributed by atoms with Gasteiger partial charge in [-0.05, 0) is 37.6 Å². The first-order valence-corrected chi connectivity index (χ1v) is 9.92. The molecule has 2 heterocycles. The smallest absolute Gasteiger partial charge is 0.413 e. The number of nitrogens with zero attached hydrogens (tertiary/aromatic N) is 2. The molecule has 0 saturated heterocycles. The maximum absolute atomic E-state index is 12.3. The molecular formula is C19H18ClN3O5S. The molecule has 0 aliphatic heterocycles. The van der Waals surface area contributed by atoms with Crippen LogP contribution in [0.25, 0.3) is 10.2 Å². The SMILES string of the molecule is CCOC(=O)NC(=O)COC(=O)c1cc2c(C)nn(Cc3ccc(Cl)cc3)c2s1. The molecular weight excluding hydrogens is 418 g/mol. The summed E-state index contributed by atoms with van der Waals surface area (Å²) in [6, 6.07) is 9.13. The number of halogens is 1. The van der Waals surface area contributed by atoms with Gasteiger partial charge in [-0.3, -0.25) is 14.8 Å². The average molecular weight is 436 g/mol. The van der Waals surface area contributed by atoms with Crippen LogP contribution in [0.4, 0.5) is 4.79 Å². The van der Waals surface area contributed by atoms with Crippen molar-refractivity contribution in [1.82, 2.24) is 15.1 Å². The van der Waals surface area contributed by atoms with E-state index in [9.17, 15) is 14.4 Å². The highest BCUT2D eigenvalue weighted by molar-refractivity contribution is 7.20. The summed E-state index contributed by atoms with van der Waals surface area (Å²) in [6.45, 7) is 3.55. The van der Waals surface area contributed by atoms with Crippen molar-refractivity contribution in [2.75, 3.05) is 13.2 Å². The van der Waals surface area contributed by atoms with Gasteiger partial charge in [0.1, 0.15) is 9.71 Å². The number of amides is 2. The zero-order chi connectivity index (χ0) is 21.0.